The van der Waals surface area contributed by atoms with Crippen molar-refractivity contribution >= 4 is 33.3 Å². The highest BCUT2D eigenvalue weighted by Gasteiger charge is 2.21. The maximum Gasteiger partial charge on any atom is 0.305 e. The number of carbonyl (C=O) groups is 1. The molecule has 0 unspecified atom stereocenters. The lowest BCUT2D eigenvalue weighted by atomic mass is 10.0. The van der Waals surface area contributed by atoms with E-state index in [2.05, 4.69) is 60.3 Å². The normalized spacial score (nSPS) is 13.0. The Morgan fingerprint density at radius 3 is 2.72 bits per heavy atom. The minimum Gasteiger partial charge on any atom is -0.469 e. The van der Waals surface area contributed by atoms with Gasteiger partial charge in [-0.15, -0.1) is 0 Å². The monoisotopic (exact) mass is 458 g/mol. The number of aliphatic imine (C=N–C) groups is 2. The molecule has 1 aliphatic rings. The smallest absolute Gasteiger partial charge is 0.305 e. The molecule has 0 atom stereocenters. The fourth-order valence-electron chi connectivity index (χ4n) is 2.95. The van der Waals surface area contributed by atoms with E-state index in [9.17, 15) is 4.79 Å². The molecule has 0 amide bonds. The molecular formula is C22H27BrN4O2. The van der Waals surface area contributed by atoms with Crippen LogP contribution in [0.2, 0.25) is 0 Å². The molecule has 0 bridgehead atoms. The van der Waals surface area contributed by atoms with Crippen LogP contribution < -0.4 is 0 Å². The third kappa shape index (κ3) is 5.50. The Morgan fingerprint density at radius 1 is 1.38 bits per heavy atom. The van der Waals surface area contributed by atoms with Crippen molar-refractivity contribution in [3.63, 3.8) is 0 Å². The second-order valence-electron chi connectivity index (χ2n) is 6.27. The molecule has 0 saturated heterocycles. The standard InChI is InChI=1S/C18H19BrN4.C4H8O2/c1-4-6-15(20-5-2)18-14-9-13(19)7-8-16(14)23-12(3)10-21-17(23)11-22-18;1-3-4(5)6-2/h4,6-10H,5,11H2,1-3H3;3H2,1-2H3/b6-4-,20-15?;. The number of benzene rings is 1. The van der Waals surface area contributed by atoms with E-state index in [1.54, 1.807) is 6.92 Å². The molecule has 29 heavy (non-hydrogen) atoms. The molecule has 1 aromatic heterocycles. The molecule has 0 saturated carbocycles. The second kappa shape index (κ2) is 10.9. The molecule has 3 rings (SSSR count). The third-order valence-electron chi connectivity index (χ3n) is 4.26. The highest BCUT2D eigenvalue weighted by molar-refractivity contribution is 9.10. The van der Waals surface area contributed by atoms with E-state index >= 15 is 0 Å². The zero-order chi connectivity index (χ0) is 21.4. The molecule has 1 aromatic carbocycles. The van der Waals surface area contributed by atoms with Crippen molar-refractivity contribution in [1.29, 1.82) is 0 Å². The number of carbonyl (C=O) groups excluding carboxylic acids is 1. The lowest BCUT2D eigenvalue weighted by molar-refractivity contribution is -0.140. The molecule has 0 spiro atoms. The van der Waals surface area contributed by atoms with Gasteiger partial charge in [0.2, 0.25) is 0 Å². The Hall–Kier alpha value is -2.54. The van der Waals surface area contributed by atoms with Crippen LogP contribution in [0.25, 0.3) is 5.69 Å². The number of methoxy groups -OCH3 is 1. The summed E-state index contributed by atoms with van der Waals surface area (Å²) in [6.45, 7) is 9.14. The van der Waals surface area contributed by atoms with E-state index < -0.39 is 0 Å². The predicted octanol–water partition coefficient (Wildman–Crippen LogP) is 4.85. The fourth-order valence-corrected chi connectivity index (χ4v) is 3.31. The van der Waals surface area contributed by atoms with Gasteiger partial charge in [-0.1, -0.05) is 28.9 Å². The number of aryl methyl sites for hydroxylation is 1. The number of aromatic nitrogens is 2. The molecule has 2 aromatic rings. The van der Waals surface area contributed by atoms with E-state index in [0.29, 0.717) is 13.0 Å². The molecule has 0 aliphatic carbocycles. The van der Waals surface area contributed by atoms with Crippen LogP contribution in [0.3, 0.4) is 0 Å². The van der Waals surface area contributed by atoms with Gasteiger partial charge in [-0.2, -0.15) is 0 Å². The van der Waals surface area contributed by atoms with Gasteiger partial charge in [0.05, 0.1) is 30.8 Å². The number of allylic oxidation sites excluding steroid dienone is 2. The van der Waals surface area contributed by atoms with E-state index in [1.807, 2.05) is 32.2 Å². The van der Waals surface area contributed by atoms with Gasteiger partial charge in [0, 0.05) is 34.9 Å². The number of esters is 1. The number of hydrogen-bond acceptors (Lipinski definition) is 5. The predicted molar refractivity (Wildman–Crippen MR) is 121 cm³/mol. The van der Waals surface area contributed by atoms with Gasteiger partial charge < -0.3 is 4.74 Å². The first-order valence-corrected chi connectivity index (χ1v) is 10.4. The van der Waals surface area contributed by atoms with Crippen molar-refractivity contribution in [2.45, 2.75) is 40.7 Å². The average Bonchev–Trinajstić information content (AvgIpc) is 3.00. The van der Waals surface area contributed by atoms with Crippen molar-refractivity contribution in [1.82, 2.24) is 9.55 Å². The molecule has 154 valence electrons. The number of imidazole rings is 1. The largest absolute Gasteiger partial charge is 0.469 e. The molecule has 0 N–H and O–H groups in total. The van der Waals surface area contributed by atoms with E-state index in [1.165, 1.54) is 7.11 Å². The summed E-state index contributed by atoms with van der Waals surface area (Å²) < 4.78 is 7.47. The summed E-state index contributed by atoms with van der Waals surface area (Å²) in [7, 11) is 1.38. The maximum absolute atomic E-state index is 9.96. The number of rotatable bonds is 4. The molecular weight excluding hydrogens is 432 g/mol. The van der Waals surface area contributed by atoms with Crippen LogP contribution in [0, 0.1) is 6.92 Å². The lowest BCUT2D eigenvalue weighted by Gasteiger charge is -2.13. The first kappa shape index (κ1) is 22.7. The van der Waals surface area contributed by atoms with Crippen molar-refractivity contribution in [3.8, 4) is 5.69 Å². The molecule has 6 nitrogen and oxygen atoms in total. The highest BCUT2D eigenvalue weighted by atomic mass is 79.9. The summed E-state index contributed by atoms with van der Waals surface area (Å²) in [5.41, 5.74) is 5.12. The number of halogens is 1. The van der Waals surface area contributed by atoms with Crippen LogP contribution in [0.15, 0.2) is 51.0 Å². The van der Waals surface area contributed by atoms with E-state index in [4.69, 9.17) is 4.99 Å². The zero-order valence-electron chi connectivity index (χ0n) is 17.6. The molecule has 2 heterocycles. The fraction of sp³-hybridized carbons (Fsp3) is 0.364. The van der Waals surface area contributed by atoms with Crippen LogP contribution in [-0.4, -0.2) is 40.6 Å². The Morgan fingerprint density at radius 2 is 2.14 bits per heavy atom. The zero-order valence-corrected chi connectivity index (χ0v) is 19.2. The first-order valence-electron chi connectivity index (χ1n) is 9.59. The summed E-state index contributed by atoms with van der Waals surface area (Å²) in [4.78, 5) is 23.9. The van der Waals surface area contributed by atoms with Crippen molar-refractivity contribution in [2.24, 2.45) is 9.98 Å². The summed E-state index contributed by atoms with van der Waals surface area (Å²) >= 11 is 3.58. The Balaban J connectivity index is 0.000000438. The summed E-state index contributed by atoms with van der Waals surface area (Å²) in [5.74, 6) is 0.799. The molecule has 0 radical (unpaired) electrons. The van der Waals surface area contributed by atoms with Gasteiger partial charge in [-0.05, 0) is 45.0 Å². The van der Waals surface area contributed by atoms with Crippen LogP contribution in [0.1, 0.15) is 44.3 Å². The van der Waals surface area contributed by atoms with Gasteiger partial charge in [0.25, 0.3) is 0 Å². The van der Waals surface area contributed by atoms with Gasteiger partial charge in [0.15, 0.2) is 0 Å². The van der Waals surface area contributed by atoms with Crippen LogP contribution in [-0.2, 0) is 16.1 Å². The SMILES string of the molecule is C/C=C\C(=NCC)C1=NCc2ncc(C)n2-c2ccc(Br)cc21.CCC(=O)OC. The van der Waals surface area contributed by atoms with Crippen LogP contribution >= 0.6 is 15.9 Å². The first-order chi connectivity index (χ1) is 14.0. The van der Waals surface area contributed by atoms with E-state index in [-0.39, 0.29) is 5.97 Å². The van der Waals surface area contributed by atoms with Gasteiger partial charge in [-0.3, -0.25) is 19.3 Å². The minimum absolute atomic E-state index is 0.157. The van der Waals surface area contributed by atoms with Gasteiger partial charge in [-0.25, -0.2) is 4.98 Å². The quantitative estimate of drug-likeness (QED) is 0.485. The number of ether oxygens (including phenoxy) is 1. The van der Waals surface area contributed by atoms with Gasteiger partial charge >= 0.3 is 5.97 Å². The maximum atomic E-state index is 9.96. The number of fused-ring (bicyclic) bond motifs is 3. The van der Waals surface area contributed by atoms with Crippen molar-refractivity contribution in [3.05, 3.63) is 58.1 Å². The topological polar surface area (TPSA) is 68.8 Å². The number of hydrogen-bond donors (Lipinski definition) is 0. The molecule has 0 fully saturated rings. The Labute approximate surface area is 180 Å². The van der Waals surface area contributed by atoms with Crippen LogP contribution in [0.4, 0.5) is 0 Å². The van der Waals surface area contributed by atoms with Crippen molar-refractivity contribution < 1.29 is 9.53 Å². The average molecular weight is 459 g/mol. The third-order valence-corrected chi connectivity index (χ3v) is 4.75. The van der Waals surface area contributed by atoms with Crippen LogP contribution in [0.5, 0.6) is 0 Å². The van der Waals surface area contributed by atoms with Gasteiger partial charge in [0.1, 0.15) is 5.82 Å². The summed E-state index contributed by atoms with van der Waals surface area (Å²) in [6, 6.07) is 6.27. The summed E-state index contributed by atoms with van der Waals surface area (Å²) in [6.07, 6.45) is 6.39. The van der Waals surface area contributed by atoms with Crippen molar-refractivity contribution in [2.75, 3.05) is 13.7 Å². The second-order valence-corrected chi connectivity index (χ2v) is 7.18. The van der Waals surface area contributed by atoms with E-state index in [0.717, 1.165) is 45.2 Å². The minimum atomic E-state index is -0.157. The summed E-state index contributed by atoms with van der Waals surface area (Å²) in [5, 5.41) is 0. The Kier molecular flexibility index (Phi) is 8.51. The Bertz CT molecular complexity index is 952. The molecule has 7 heteroatoms. The lowest BCUT2D eigenvalue weighted by Crippen LogP contribution is -2.16. The molecule has 1 aliphatic heterocycles. The number of nitrogens with zero attached hydrogens (tertiary/aromatic N) is 4. The highest BCUT2D eigenvalue weighted by Crippen LogP contribution is 2.27.